The van der Waals surface area contributed by atoms with Crippen molar-refractivity contribution in [2.75, 3.05) is 0 Å². The van der Waals surface area contributed by atoms with Crippen LogP contribution >= 0.6 is 11.6 Å². The van der Waals surface area contributed by atoms with E-state index in [1.807, 2.05) is 6.92 Å². The molecule has 0 spiro atoms. The lowest BCUT2D eigenvalue weighted by Gasteiger charge is -2.10. The second-order valence-corrected chi connectivity index (χ2v) is 4.04. The number of H-pyrrole nitrogens is 2. The van der Waals surface area contributed by atoms with Crippen molar-refractivity contribution in [3.63, 3.8) is 0 Å². The first-order valence-electron chi connectivity index (χ1n) is 5.17. The number of rotatable bonds is 3. The summed E-state index contributed by atoms with van der Waals surface area (Å²) < 4.78 is 5.38. The Morgan fingerprint density at radius 1 is 1.35 bits per heavy atom. The Morgan fingerprint density at radius 3 is 2.82 bits per heavy atom. The molecule has 0 fully saturated rings. The summed E-state index contributed by atoms with van der Waals surface area (Å²) in [4.78, 5) is 27.2. The quantitative estimate of drug-likeness (QED) is 0.817. The molecule has 0 saturated heterocycles. The van der Waals surface area contributed by atoms with Crippen molar-refractivity contribution in [3.05, 3.63) is 39.0 Å². The molecule has 90 valence electrons. The molecule has 2 N–H and O–H groups in total. The molecule has 0 bridgehead atoms. The van der Waals surface area contributed by atoms with E-state index in [0.29, 0.717) is 23.1 Å². The van der Waals surface area contributed by atoms with Gasteiger partial charge in [-0.2, -0.15) is 0 Å². The topological polar surface area (TPSA) is 75.0 Å². The van der Waals surface area contributed by atoms with Gasteiger partial charge in [-0.1, -0.05) is 18.5 Å². The minimum absolute atomic E-state index is 0.402. The van der Waals surface area contributed by atoms with E-state index in [2.05, 4.69) is 9.97 Å². The third kappa shape index (κ3) is 2.50. The second kappa shape index (κ2) is 4.63. The van der Waals surface area contributed by atoms with Crippen molar-refractivity contribution >= 4 is 22.5 Å². The van der Waals surface area contributed by atoms with Gasteiger partial charge >= 0.3 is 5.69 Å². The lowest BCUT2D eigenvalue weighted by atomic mass is 10.2. The second-order valence-electron chi connectivity index (χ2n) is 3.55. The standard InChI is InChI=1S/C11H11ClN2O3/c1-2-9(12)17-6-3-4-7-8(5-6)13-11(16)14-10(7)15/h3-5,9H,2H2,1H3,(H2,13,14,15,16). The largest absolute Gasteiger partial charge is 0.475 e. The molecule has 0 radical (unpaired) electrons. The van der Waals surface area contributed by atoms with Gasteiger partial charge in [0.05, 0.1) is 10.9 Å². The molecule has 1 aromatic heterocycles. The smallest absolute Gasteiger partial charge is 0.326 e. The Labute approximate surface area is 101 Å². The number of aromatic amines is 2. The number of benzene rings is 1. The first-order valence-corrected chi connectivity index (χ1v) is 5.61. The molecule has 0 saturated carbocycles. The maximum atomic E-state index is 11.4. The highest BCUT2D eigenvalue weighted by molar-refractivity contribution is 6.19. The van der Waals surface area contributed by atoms with Crippen molar-refractivity contribution in [1.29, 1.82) is 0 Å². The molecule has 0 aliphatic heterocycles. The van der Waals surface area contributed by atoms with Crippen LogP contribution in [0.15, 0.2) is 27.8 Å². The molecule has 1 aromatic carbocycles. The summed E-state index contributed by atoms with van der Waals surface area (Å²) >= 11 is 5.85. The average Bonchev–Trinajstić information content (AvgIpc) is 2.28. The van der Waals surface area contributed by atoms with Gasteiger partial charge in [0.1, 0.15) is 5.75 Å². The third-order valence-electron chi connectivity index (χ3n) is 2.30. The van der Waals surface area contributed by atoms with Crippen molar-refractivity contribution in [2.45, 2.75) is 18.9 Å². The van der Waals surface area contributed by atoms with Gasteiger partial charge in [-0.15, -0.1) is 0 Å². The molecule has 2 aromatic rings. The Morgan fingerprint density at radius 2 is 2.12 bits per heavy atom. The van der Waals surface area contributed by atoms with Gasteiger partial charge in [-0.3, -0.25) is 9.78 Å². The Kier molecular flexibility index (Phi) is 3.19. The summed E-state index contributed by atoms with van der Waals surface area (Å²) in [5.41, 5.74) is -0.969. The highest BCUT2D eigenvalue weighted by Crippen LogP contribution is 2.18. The third-order valence-corrected chi connectivity index (χ3v) is 2.69. The summed E-state index contributed by atoms with van der Waals surface area (Å²) in [6.45, 7) is 1.89. The van der Waals surface area contributed by atoms with Crippen LogP contribution in [0.3, 0.4) is 0 Å². The molecule has 5 nitrogen and oxygen atoms in total. The van der Waals surface area contributed by atoms with Crippen molar-refractivity contribution in [1.82, 2.24) is 9.97 Å². The van der Waals surface area contributed by atoms with E-state index < -0.39 is 16.8 Å². The van der Waals surface area contributed by atoms with Crippen molar-refractivity contribution < 1.29 is 4.74 Å². The number of hydrogen-bond acceptors (Lipinski definition) is 3. The zero-order valence-electron chi connectivity index (χ0n) is 9.12. The molecular formula is C11H11ClN2O3. The highest BCUT2D eigenvalue weighted by atomic mass is 35.5. The number of halogens is 1. The molecular weight excluding hydrogens is 244 g/mol. The van der Waals surface area contributed by atoms with E-state index >= 15 is 0 Å². The van der Waals surface area contributed by atoms with Crippen molar-refractivity contribution in [3.8, 4) is 5.75 Å². The van der Waals surface area contributed by atoms with Crippen LogP contribution < -0.4 is 16.0 Å². The van der Waals surface area contributed by atoms with Gasteiger partial charge < -0.3 is 9.72 Å². The summed E-state index contributed by atoms with van der Waals surface area (Å²) in [5.74, 6) is 0.514. The van der Waals surface area contributed by atoms with Crippen LogP contribution in [-0.2, 0) is 0 Å². The van der Waals surface area contributed by atoms with Crippen molar-refractivity contribution in [2.24, 2.45) is 0 Å². The molecule has 0 amide bonds. The van der Waals surface area contributed by atoms with Crippen LogP contribution in [0.1, 0.15) is 13.3 Å². The van der Waals surface area contributed by atoms with Gasteiger partial charge in [0.15, 0.2) is 5.56 Å². The SMILES string of the molecule is CCC(Cl)Oc1ccc2c(=O)[nH]c(=O)[nH]c2c1. The molecule has 6 heteroatoms. The van der Waals surface area contributed by atoms with E-state index in [1.165, 1.54) is 0 Å². The van der Waals surface area contributed by atoms with Crippen LogP contribution in [0.5, 0.6) is 5.75 Å². The fourth-order valence-corrected chi connectivity index (χ4v) is 1.56. The van der Waals surface area contributed by atoms with Crippen LogP contribution in [-0.4, -0.2) is 15.5 Å². The van der Waals surface area contributed by atoms with E-state index in [4.69, 9.17) is 16.3 Å². The molecule has 0 aliphatic rings. The Balaban J connectivity index is 2.50. The maximum absolute atomic E-state index is 11.4. The number of fused-ring (bicyclic) bond motifs is 1. The van der Waals surface area contributed by atoms with Crippen LogP contribution in [0.4, 0.5) is 0 Å². The van der Waals surface area contributed by atoms with Gasteiger partial charge in [-0.25, -0.2) is 4.79 Å². The summed E-state index contributed by atoms with van der Waals surface area (Å²) in [7, 11) is 0. The summed E-state index contributed by atoms with van der Waals surface area (Å²) in [6, 6.07) is 4.80. The van der Waals surface area contributed by atoms with Crippen LogP contribution in [0.25, 0.3) is 10.9 Å². The van der Waals surface area contributed by atoms with Gasteiger partial charge in [0.2, 0.25) is 0 Å². The fourth-order valence-electron chi connectivity index (χ4n) is 1.45. The van der Waals surface area contributed by atoms with E-state index in [1.54, 1.807) is 18.2 Å². The number of aromatic nitrogens is 2. The minimum Gasteiger partial charge on any atom is -0.475 e. The number of ether oxygens (including phenoxy) is 1. The van der Waals surface area contributed by atoms with E-state index in [0.717, 1.165) is 0 Å². The molecule has 1 unspecified atom stereocenters. The van der Waals surface area contributed by atoms with E-state index in [9.17, 15) is 9.59 Å². The van der Waals surface area contributed by atoms with Crippen LogP contribution in [0.2, 0.25) is 0 Å². The van der Waals surface area contributed by atoms with E-state index in [-0.39, 0.29) is 0 Å². The Bertz CT molecular complexity index is 647. The lowest BCUT2D eigenvalue weighted by Crippen LogP contribution is -2.21. The summed E-state index contributed by atoms with van der Waals surface area (Å²) in [5, 5.41) is 0.402. The van der Waals surface area contributed by atoms with Gasteiger partial charge in [-0.05, 0) is 18.6 Å². The average molecular weight is 255 g/mol. The lowest BCUT2D eigenvalue weighted by molar-refractivity contribution is 0.277. The number of alkyl halides is 1. The first kappa shape index (κ1) is 11.7. The molecule has 0 aliphatic carbocycles. The summed E-state index contributed by atoms with van der Waals surface area (Å²) in [6.07, 6.45) is 0.658. The first-order chi connectivity index (χ1) is 8.10. The minimum atomic E-state index is -0.544. The fraction of sp³-hybridized carbons (Fsp3) is 0.273. The molecule has 17 heavy (non-hydrogen) atoms. The number of hydrogen-bond donors (Lipinski definition) is 2. The Hall–Kier alpha value is -1.75. The van der Waals surface area contributed by atoms with Gasteiger partial charge in [0.25, 0.3) is 5.56 Å². The zero-order chi connectivity index (χ0) is 12.4. The maximum Gasteiger partial charge on any atom is 0.326 e. The molecule has 1 atom stereocenters. The van der Waals surface area contributed by atoms with Gasteiger partial charge in [0, 0.05) is 6.07 Å². The number of nitrogens with one attached hydrogen (secondary N) is 2. The predicted octanol–water partition coefficient (Wildman–Crippen LogP) is 1.57. The highest BCUT2D eigenvalue weighted by Gasteiger charge is 2.06. The zero-order valence-corrected chi connectivity index (χ0v) is 9.88. The normalized spacial score (nSPS) is 12.6. The molecule has 2 rings (SSSR count). The predicted molar refractivity (Wildman–Crippen MR) is 65.7 cm³/mol. The monoisotopic (exact) mass is 254 g/mol. The molecule has 1 heterocycles. The van der Waals surface area contributed by atoms with Crippen LogP contribution in [0, 0.1) is 0 Å².